The lowest BCUT2D eigenvalue weighted by atomic mass is 10.2. The summed E-state index contributed by atoms with van der Waals surface area (Å²) in [6.45, 7) is 6.04. The van der Waals surface area contributed by atoms with Crippen molar-refractivity contribution >= 4 is 45.7 Å². The average Bonchev–Trinajstić information content (AvgIpc) is 3.01. The molecule has 0 radical (unpaired) electrons. The Morgan fingerprint density at radius 2 is 1.75 bits per heavy atom. The summed E-state index contributed by atoms with van der Waals surface area (Å²) in [6, 6.07) is 3.71. The number of imidazole rings is 1. The molecule has 0 atom stereocenters. The van der Waals surface area contributed by atoms with Crippen LogP contribution in [0.15, 0.2) is 18.3 Å². The number of halogens is 2. The van der Waals surface area contributed by atoms with Crippen LogP contribution in [0.25, 0.3) is 16.7 Å². The van der Waals surface area contributed by atoms with Crippen LogP contribution < -0.4 is 4.90 Å². The molecule has 1 aliphatic rings. The number of nitrogens with zero attached hydrogens (tertiary/aromatic N) is 5. The van der Waals surface area contributed by atoms with Crippen molar-refractivity contribution < 1.29 is 0 Å². The highest BCUT2D eigenvalue weighted by Gasteiger charge is 2.21. The Morgan fingerprint density at radius 1 is 1.04 bits per heavy atom. The Balaban J connectivity index is 1.96. The molecule has 2 aromatic heterocycles. The number of fused-ring (bicyclic) bond motifs is 3. The molecule has 0 spiro atoms. The van der Waals surface area contributed by atoms with Gasteiger partial charge in [-0.2, -0.15) is 0 Å². The molecular formula is C17H19Cl2N5. The minimum Gasteiger partial charge on any atom is -0.351 e. The van der Waals surface area contributed by atoms with Gasteiger partial charge in [-0.05, 0) is 25.6 Å². The summed E-state index contributed by atoms with van der Waals surface area (Å²) in [5.74, 6) is 0.925. The highest BCUT2D eigenvalue weighted by Crippen LogP contribution is 2.31. The van der Waals surface area contributed by atoms with Gasteiger partial charge in [0.15, 0.2) is 11.5 Å². The molecule has 1 saturated heterocycles. The quantitative estimate of drug-likeness (QED) is 0.698. The number of anilines is 1. The van der Waals surface area contributed by atoms with E-state index in [1.54, 1.807) is 0 Å². The van der Waals surface area contributed by atoms with Gasteiger partial charge in [0, 0.05) is 32.4 Å². The van der Waals surface area contributed by atoms with Crippen LogP contribution in [0.2, 0.25) is 10.0 Å². The Hall–Kier alpha value is -1.56. The first-order valence-corrected chi connectivity index (χ1v) is 8.92. The summed E-state index contributed by atoms with van der Waals surface area (Å²) in [5.41, 5.74) is 3.71. The molecule has 5 nitrogen and oxygen atoms in total. The van der Waals surface area contributed by atoms with E-state index in [2.05, 4.69) is 34.4 Å². The predicted octanol–water partition coefficient (Wildman–Crippen LogP) is 3.50. The van der Waals surface area contributed by atoms with Crippen LogP contribution in [0.3, 0.4) is 0 Å². The van der Waals surface area contributed by atoms with E-state index in [1.807, 2.05) is 12.1 Å². The molecule has 0 N–H and O–H groups in total. The number of rotatable bonds is 2. The number of hydrogen-bond acceptors (Lipinski definition) is 4. The van der Waals surface area contributed by atoms with Crippen LogP contribution in [-0.2, 0) is 6.42 Å². The number of likely N-dealkylation sites (N-methyl/N-ethyl adjacent to an activating group) is 1. The lowest BCUT2D eigenvalue weighted by molar-refractivity contribution is 0.312. The van der Waals surface area contributed by atoms with Crippen molar-refractivity contribution in [3.8, 4) is 0 Å². The first-order chi connectivity index (χ1) is 11.6. The molecule has 3 heterocycles. The van der Waals surface area contributed by atoms with Crippen LogP contribution in [0.4, 0.5) is 5.82 Å². The topological polar surface area (TPSA) is 36.7 Å². The van der Waals surface area contributed by atoms with E-state index in [1.165, 1.54) is 0 Å². The van der Waals surface area contributed by atoms with E-state index >= 15 is 0 Å². The molecule has 7 heteroatoms. The van der Waals surface area contributed by atoms with Crippen LogP contribution in [0.5, 0.6) is 0 Å². The molecule has 0 bridgehead atoms. The summed E-state index contributed by atoms with van der Waals surface area (Å²) in [6.07, 6.45) is 2.95. The maximum atomic E-state index is 6.22. The fourth-order valence-corrected chi connectivity index (χ4v) is 3.46. The second-order valence-corrected chi connectivity index (χ2v) is 7.07. The van der Waals surface area contributed by atoms with E-state index in [0.717, 1.165) is 60.8 Å². The van der Waals surface area contributed by atoms with Gasteiger partial charge < -0.3 is 9.80 Å². The summed E-state index contributed by atoms with van der Waals surface area (Å²) in [5, 5.41) is 1.06. The molecule has 1 aliphatic heterocycles. The molecule has 0 aliphatic carbocycles. The SMILES string of the molecule is CCc1cn2c(n1)c(N1CCN(C)CC1)nc1cc(Cl)c(Cl)cc12. The average molecular weight is 364 g/mol. The van der Waals surface area contributed by atoms with Crippen molar-refractivity contribution in [1.82, 2.24) is 19.3 Å². The maximum Gasteiger partial charge on any atom is 0.181 e. The molecule has 0 saturated carbocycles. The lowest BCUT2D eigenvalue weighted by Gasteiger charge is -2.33. The Bertz CT molecular complexity index is 912. The zero-order chi connectivity index (χ0) is 16.8. The summed E-state index contributed by atoms with van der Waals surface area (Å²) in [7, 11) is 2.15. The van der Waals surface area contributed by atoms with Gasteiger partial charge in [-0.1, -0.05) is 30.1 Å². The van der Waals surface area contributed by atoms with Crippen LogP contribution >= 0.6 is 23.2 Å². The normalized spacial score (nSPS) is 16.4. The number of aryl methyl sites for hydroxylation is 1. The second kappa shape index (κ2) is 6.06. The number of piperazine rings is 1. The first kappa shape index (κ1) is 15.9. The highest BCUT2D eigenvalue weighted by atomic mass is 35.5. The van der Waals surface area contributed by atoms with Gasteiger partial charge in [-0.15, -0.1) is 0 Å². The van der Waals surface area contributed by atoms with Crippen molar-refractivity contribution in [3.63, 3.8) is 0 Å². The number of hydrogen-bond donors (Lipinski definition) is 0. The molecule has 3 aromatic rings. The van der Waals surface area contributed by atoms with Crippen molar-refractivity contribution in [2.75, 3.05) is 38.1 Å². The minimum atomic E-state index is 0.524. The molecule has 0 amide bonds. The lowest BCUT2D eigenvalue weighted by Crippen LogP contribution is -2.45. The summed E-state index contributed by atoms with van der Waals surface area (Å²) < 4.78 is 2.09. The fourth-order valence-electron chi connectivity index (χ4n) is 3.14. The zero-order valence-corrected chi connectivity index (χ0v) is 15.3. The third-order valence-electron chi connectivity index (χ3n) is 4.62. The Morgan fingerprint density at radius 3 is 2.46 bits per heavy atom. The first-order valence-electron chi connectivity index (χ1n) is 8.17. The van der Waals surface area contributed by atoms with Crippen molar-refractivity contribution in [1.29, 1.82) is 0 Å². The van der Waals surface area contributed by atoms with Gasteiger partial charge >= 0.3 is 0 Å². The van der Waals surface area contributed by atoms with Crippen LogP contribution in [-0.4, -0.2) is 52.5 Å². The third-order valence-corrected chi connectivity index (χ3v) is 5.35. The van der Waals surface area contributed by atoms with E-state index < -0.39 is 0 Å². The number of aromatic nitrogens is 3. The predicted molar refractivity (Wildman–Crippen MR) is 99.6 cm³/mol. The minimum absolute atomic E-state index is 0.524. The van der Waals surface area contributed by atoms with Gasteiger partial charge in [-0.3, -0.25) is 4.40 Å². The van der Waals surface area contributed by atoms with Gasteiger partial charge in [0.1, 0.15) is 0 Å². The molecular weight excluding hydrogens is 345 g/mol. The molecule has 126 valence electrons. The largest absolute Gasteiger partial charge is 0.351 e. The molecule has 0 unspecified atom stereocenters. The molecule has 4 rings (SSSR count). The highest BCUT2D eigenvalue weighted by molar-refractivity contribution is 6.42. The number of benzene rings is 1. The summed E-state index contributed by atoms with van der Waals surface area (Å²) >= 11 is 12.4. The zero-order valence-electron chi connectivity index (χ0n) is 13.8. The van der Waals surface area contributed by atoms with E-state index in [4.69, 9.17) is 33.2 Å². The van der Waals surface area contributed by atoms with E-state index in [-0.39, 0.29) is 0 Å². The second-order valence-electron chi connectivity index (χ2n) is 6.26. The van der Waals surface area contributed by atoms with Crippen LogP contribution in [0.1, 0.15) is 12.6 Å². The monoisotopic (exact) mass is 363 g/mol. The van der Waals surface area contributed by atoms with Crippen molar-refractivity contribution in [2.45, 2.75) is 13.3 Å². The Kier molecular flexibility index (Phi) is 4.03. The van der Waals surface area contributed by atoms with E-state index in [0.29, 0.717) is 10.0 Å². The smallest absolute Gasteiger partial charge is 0.181 e. The molecule has 24 heavy (non-hydrogen) atoms. The van der Waals surface area contributed by atoms with Gasteiger partial charge in [0.2, 0.25) is 0 Å². The molecule has 1 fully saturated rings. The van der Waals surface area contributed by atoms with Gasteiger partial charge in [0.25, 0.3) is 0 Å². The Labute approximate surface area is 150 Å². The standard InChI is InChI=1S/C17H19Cl2N5/c1-3-11-10-24-15-9-13(19)12(18)8-14(15)21-16(17(24)20-11)23-6-4-22(2)5-7-23/h8-10H,3-7H2,1-2H3. The van der Waals surface area contributed by atoms with E-state index in [9.17, 15) is 0 Å². The maximum absolute atomic E-state index is 6.22. The van der Waals surface area contributed by atoms with Crippen molar-refractivity contribution in [2.24, 2.45) is 0 Å². The molecule has 1 aromatic carbocycles. The van der Waals surface area contributed by atoms with Crippen LogP contribution in [0, 0.1) is 0 Å². The third kappa shape index (κ3) is 2.61. The van der Waals surface area contributed by atoms with Crippen molar-refractivity contribution in [3.05, 3.63) is 34.1 Å². The van der Waals surface area contributed by atoms with Gasteiger partial charge in [-0.25, -0.2) is 9.97 Å². The van der Waals surface area contributed by atoms with Gasteiger partial charge in [0.05, 0.1) is 26.8 Å². The summed E-state index contributed by atoms with van der Waals surface area (Å²) in [4.78, 5) is 14.3. The fraction of sp³-hybridized carbons (Fsp3) is 0.412.